The van der Waals surface area contributed by atoms with Crippen molar-refractivity contribution in [3.63, 3.8) is 0 Å². The largest absolute Gasteiger partial charge is 0.454 e. The van der Waals surface area contributed by atoms with Crippen LogP contribution >= 0.6 is 23.5 Å². The highest BCUT2D eigenvalue weighted by Crippen LogP contribution is 2.23. The van der Waals surface area contributed by atoms with Crippen molar-refractivity contribution in [2.75, 3.05) is 16.2 Å². The van der Waals surface area contributed by atoms with E-state index in [-0.39, 0.29) is 23.3 Å². The normalized spacial score (nSPS) is 11.0. The Morgan fingerprint density at radius 3 is 2.65 bits per heavy atom. The number of rotatable bonds is 6. The number of hydrogen-bond donors (Lipinski definition) is 1. The molecule has 0 radical (unpaired) electrons. The first-order valence-electron chi connectivity index (χ1n) is 6.94. The molecule has 126 valence electrons. The summed E-state index contributed by atoms with van der Waals surface area (Å²) in [6, 6.07) is 2.08. The number of ether oxygens (including phenoxy) is 1. The van der Waals surface area contributed by atoms with Crippen LogP contribution in [0.5, 0.6) is 0 Å². The molecule has 0 saturated heterocycles. The summed E-state index contributed by atoms with van der Waals surface area (Å²) in [5.74, 6) is 0.359. The first-order chi connectivity index (χ1) is 10.7. The molecule has 10 heteroatoms. The van der Waals surface area contributed by atoms with Crippen LogP contribution in [0.4, 0.5) is 16.7 Å². The average molecular weight is 359 g/mol. The van der Waals surface area contributed by atoms with Crippen LogP contribution < -0.4 is 9.62 Å². The van der Waals surface area contributed by atoms with Gasteiger partial charge >= 0.3 is 5.30 Å². The zero-order valence-corrected chi connectivity index (χ0v) is 15.2. The molecule has 0 atom stereocenters. The molecule has 0 aromatic carbocycles. The summed E-state index contributed by atoms with van der Waals surface area (Å²) in [5, 5.41) is 11.4. The maximum atomic E-state index is 11.8. The standard InChI is InChI=1S/C13H19ClN6O2S/c1-6-20(23-12(21)22-8(2)3)11-17-9(14)16-10(18-11)19-13(4,5)7-15/h8H,6H2,1-5H3,(H,16,17,18,19). The zero-order chi connectivity index (χ0) is 17.6. The maximum Gasteiger partial charge on any atom is 0.388 e. The third kappa shape index (κ3) is 6.46. The number of hydrogen-bond acceptors (Lipinski definition) is 9. The summed E-state index contributed by atoms with van der Waals surface area (Å²) < 4.78 is 6.61. The van der Waals surface area contributed by atoms with E-state index < -0.39 is 10.8 Å². The van der Waals surface area contributed by atoms with Crippen molar-refractivity contribution in [1.82, 2.24) is 15.0 Å². The van der Waals surface area contributed by atoms with E-state index in [0.29, 0.717) is 6.54 Å². The van der Waals surface area contributed by atoms with Gasteiger partial charge in [-0.05, 0) is 46.2 Å². The van der Waals surface area contributed by atoms with Gasteiger partial charge < -0.3 is 10.1 Å². The molecule has 23 heavy (non-hydrogen) atoms. The molecule has 0 spiro atoms. The van der Waals surface area contributed by atoms with Crippen LogP contribution in [0.15, 0.2) is 0 Å². The third-order valence-corrected chi connectivity index (χ3v) is 3.38. The second-order valence-electron chi connectivity index (χ2n) is 5.29. The second kappa shape index (κ2) is 8.17. The van der Waals surface area contributed by atoms with Gasteiger partial charge in [-0.25, -0.2) is 4.79 Å². The van der Waals surface area contributed by atoms with Gasteiger partial charge in [-0.3, -0.25) is 4.31 Å². The van der Waals surface area contributed by atoms with Gasteiger partial charge in [0.2, 0.25) is 17.2 Å². The van der Waals surface area contributed by atoms with Crippen LogP contribution in [0.3, 0.4) is 0 Å². The fourth-order valence-electron chi connectivity index (χ4n) is 1.37. The van der Waals surface area contributed by atoms with Gasteiger partial charge in [0.15, 0.2) is 0 Å². The predicted octanol–water partition coefficient (Wildman–Crippen LogP) is 3.26. The van der Waals surface area contributed by atoms with E-state index in [2.05, 4.69) is 26.3 Å². The van der Waals surface area contributed by atoms with E-state index in [4.69, 9.17) is 21.6 Å². The molecule has 0 fully saturated rings. The summed E-state index contributed by atoms with van der Waals surface area (Å²) in [7, 11) is 0. The molecule has 1 heterocycles. The lowest BCUT2D eigenvalue weighted by atomic mass is 10.1. The minimum Gasteiger partial charge on any atom is -0.454 e. The molecule has 0 unspecified atom stereocenters. The zero-order valence-electron chi connectivity index (χ0n) is 13.6. The number of nitrogens with zero attached hydrogens (tertiary/aromatic N) is 5. The van der Waals surface area contributed by atoms with Gasteiger partial charge in [-0.2, -0.15) is 20.2 Å². The van der Waals surface area contributed by atoms with Crippen LogP contribution in [0.1, 0.15) is 34.6 Å². The molecule has 0 aliphatic carbocycles. The molecule has 0 bridgehead atoms. The van der Waals surface area contributed by atoms with Crippen molar-refractivity contribution in [2.24, 2.45) is 0 Å². The first kappa shape index (κ1) is 19.3. The van der Waals surface area contributed by atoms with E-state index in [1.807, 2.05) is 6.92 Å². The average Bonchev–Trinajstić information content (AvgIpc) is 2.42. The van der Waals surface area contributed by atoms with Gasteiger partial charge in [0, 0.05) is 6.54 Å². The lowest BCUT2D eigenvalue weighted by Gasteiger charge is -2.21. The summed E-state index contributed by atoms with van der Waals surface area (Å²) in [6.07, 6.45) is -0.218. The van der Waals surface area contributed by atoms with Crippen molar-refractivity contribution in [3.8, 4) is 6.07 Å². The Labute approximate surface area is 144 Å². The summed E-state index contributed by atoms with van der Waals surface area (Å²) >= 11 is 6.74. The molecule has 1 N–H and O–H groups in total. The second-order valence-corrected chi connectivity index (χ2v) is 6.59. The third-order valence-electron chi connectivity index (χ3n) is 2.33. The number of nitrogens with one attached hydrogen (secondary N) is 1. The Kier molecular flexibility index (Phi) is 6.84. The summed E-state index contributed by atoms with van der Waals surface area (Å²) in [4.78, 5) is 23.9. The fourth-order valence-corrected chi connectivity index (χ4v) is 2.23. The molecule has 1 aromatic rings. The van der Waals surface area contributed by atoms with Crippen LogP contribution in [-0.4, -0.2) is 38.4 Å². The topological polar surface area (TPSA) is 104 Å². The highest BCUT2D eigenvalue weighted by Gasteiger charge is 2.21. The minimum absolute atomic E-state index is 0.0393. The smallest absolute Gasteiger partial charge is 0.388 e. The van der Waals surface area contributed by atoms with Crippen molar-refractivity contribution in [1.29, 1.82) is 5.26 Å². The highest BCUT2D eigenvalue weighted by molar-refractivity contribution is 8.14. The summed E-state index contributed by atoms with van der Waals surface area (Å²) in [6.45, 7) is 9.16. The number of nitriles is 1. The van der Waals surface area contributed by atoms with E-state index in [0.717, 1.165) is 11.9 Å². The molecule has 1 rings (SSSR count). The number of carbonyl (C=O) groups is 1. The van der Waals surface area contributed by atoms with Crippen molar-refractivity contribution < 1.29 is 9.53 Å². The van der Waals surface area contributed by atoms with Gasteiger partial charge in [-0.1, -0.05) is 0 Å². The van der Waals surface area contributed by atoms with Crippen LogP contribution in [0.2, 0.25) is 5.28 Å². The van der Waals surface area contributed by atoms with Crippen molar-refractivity contribution in [2.45, 2.75) is 46.3 Å². The Balaban J connectivity index is 2.99. The molecular formula is C13H19ClN6O2S. The predicted molar refractivity (Wildman–Crippen MR) is 90.4 cm³/mol. The van der Waals surface area contributed by atoms with Crippen molar-refractivity contribution >= 4 is 40.7 Å². The Morgan fingerprint density at radius 1 is 1.48 bits per heavy atom. The minimum atomic E-state index is -0.872. The monoisotopic (exact) mass is 358 g/mol. The lowest BCUT2D eigenvalue weighted by molar-refractivity contribution is 0.142. The van der Waals surface area contributed by atoms with Gasteiger partial charge in [0.05, 0.1) is 24.1 Å². The molecule has 0 saturated carbocycles. The van der Waals surface area contributed by atoms with E-state index >= 15 is 0 Å². The Morgan fingerprint density at radius 2 is 2.13 bits per heavy atom. The lowest BCUT2D eigenvalue weighted by Crippen LogP contribution is -2.30. The number of halogens is 1. The van der Waals surface area contributed by atoms with Crippen LogP contribution in [0, 0.1) is 11.3 Å². The van der Waals surface area contributed by atoms with Gasteiger partial charge in [0.25, 0.3) is 0 Å². The molecule has 0 aliphatic rings. The molecule has 0 amide bonds. The number of anilines is 2. The number of aromatic nitrogens is 3. The Hall–Kier alpha value is -1.79. The summed E-state index contributed by atoms with van der Waals surface area (Å²) in [5.41, 5.74) is -0.872. The van der Waals surface area contributed by atoms with Crippen molar-refractivity contribution in [3.05, 3.63) is 5.28 Å². The number of carbonyl (C=O) groups excluding carboxylic acids is 1. The fraction of sp³-hybridized carbons (Fsp3) is 0.615. The maximum absolute atomic E-state index is 11.8. The van der Waals surface area contributed by atoms with Gasteiger partial charge in [0.1, 0.15) is 5.54 Å². The Bertz CT molecular complexity index is 605. The molecule has 1 aromatic heterocycles. The SMILES string of the molecule is CCN(SC(=O)OC(C)C)c1nc(Cl)nc(NC(C)(C)C#N)n1. The van der Waals surface area contributed by atoms with Crippen LogP contribution in [0.25, 0.3) is 0 Å². The van der Waals surface area contributed by atoms with E-state index in [9.17, 15) is 4.79 Å². The molecule has 8 nitrogen and oxygen atoms in total. The van der Waals surface area contributed by atoms with E-state index in [1.165, 1.54) is 4.31 Å². The van der Waals surface area contributed by atoms with E-state index in [1.54, 1.807) is 27.7 Å². The van der Waals surface area contributed by atoms with Crippen LogP contribution in [-0.2, 0) is 4.74 Å². The van der Waals surface area contributed by atoms with Gasteiger partial charge in [-0.15, -0.1) is 0 Å². The molecular weight excluding hydrogens is 340 g/mol. The quantitative estimate of drug-likeness (QED) is 0.605. The highest BCUT2D eigenvalue weighted by atomic mass is 35.5. The first-order valence-corrected chi connectivity index (χ1v) is 8.09. The molecule has 0 aliphatic heterocycles.